The van der Waals surface area contributed by atoms with Crippen LogP contribution in [0, 0.1) is 6.92 Å². The molecule has 4 N–H and O–H groups in total. The van der Waals surface area contributed by atoms with E-state index in [9.17, 15) is 4.79 Å². The summed E-state index contributed by atoms with van der Waals surface area (Å²) in [7, 11) is 0. The van der Waals surface area contributed by atoms with Crippen molar-refractivity contribution in [2.24, 2.45) is 5.73 Å². The highest BCUT2D eigenvalue weighted by Crippen LogP contribution is 2.29. The van der Waals surface area contributed by atoms with Crippen LogP contribution in [0.2, 0.25) is 0 Å². The Morgan fingerprint density at radius 1 is 1.37 bits per heavy atom. The van der Waals surface area contributed by atoms with Gasteiger partial charge in [-0.1, -0.05) is 6.07 Å². The molecule has 30 heavy (non-hydrogen) atoms. The maximum absolute atomic E-state index is 11.3. The number of primary amides is 1. The number of nitrogens with zero attached hydrogens (tertiary/aromatic N) is 4. The smallest absolute Gasteiger partial charge is 0.227 e. The van der Waals surface area contributed by atoms with E-state index in [0.717, 1.165) is 41.0 Å². The number of amides is 1. The highest BCUT2D eigenvalue weighted by atomic mass is 16.1. The average Bonchev–Trinajstić information content (AvgIpc) is 3.19. The van der Waals surface area contributed by atoms with Gasteiger partial charge in [-0.2, -0.15) is 5.10 Å². The number of nitrogens with two attached hydrogens (primary N) is 1. The molecule has 4 rings (SSSR count). The van der Waals surface area contributed by atoms with Crippen LogP contribution < -0.4 is 16.4 Å². The minimum absolute atomic E-state index is 0.0278. The fourth-order valence-corrected chi connectivity index (χ4v) is 3.78. The van der Waals surface area contributed by atoms with Gasteiger partial charge in [-0.3, -0.25) is 9.48 Å². The first-order valence-electron chi connectivity index (χ1n) is 10.2. The van der Waals surface area contributed by atoms with Gasteiger partial charge < -0.3 is 16.4 Å². The molecule has 0 spiro atoms. The van der Waals surface area contributed by atoms with Crippen LogP contribution in [0.5, 0.6) is 0 Å². The summed E-state index contributed by atoms with van der Waals surface area (Å²) in [5.74, 6) is 0.236. The van der Waals surface area contributed by atoms with E-state index in [1.54, 1.807) is 0 Å². The lowest BCUT2D eigenvalue weighted by Crippen LogP contribution is -2.32. The third-order valence-corrected chi connectivity index (χ3v) is 5.34. The van der Waals surface area contributed by atoms with E-state index in [1.807, 2.05) is 42.3 Å². The largest absolute Gasteiger partial charge is 0.370 e. The van der Waals surface area contributed by atoms with Crippen LogP contribution in [-0.2, 0) is 11.2 Å². The van der Waals surface area contributed by atoms with E-state index in [2.05, 4.69) is 40.6 Å². The van der Waals surface area contributed by atoms with Crippen molar-refractivity contribution in [1.29, 1.82) is 0 Å². The van der Waals surface area contributed by atoms with Crippen molar-refractivity contribution in [3.63, 3.8) is 0 Å². The SMILES string of the molecule is Cc1cnc(Nc2ccc3c(c2)CCNC3CC(N)=O)nc1-c1cnn(C(C)C)c1. The molecule has 0 radical (unpaired) electrons. The third-order valence-electron chi connectivity index (χ3n) is 5.34. The van der Waals surface area contributed by atoms with Crippen LogP contribution in [0.15, 0.2) is 36.8 Å². The molecule has 3 aromatic rings. The Balaban J connectivity index is 1.58. The number of nitrogens with one attached hydrogen (secondary N) is 2. The summed E-state index contributed by atoms with van der Waals surface area (Å²) in [5.41, 5.74) is 11.5. The summed E-state index contributed by atoms with van der Waals surface area (Å²) >= 11 is 0. The summed E-state index contributed by atoms with van der Waals surface area (Å²) in [6, 6.07) is 6.39. The van der Waals surface area contributed by atoms with Gasteiger partial charge in [0.2, 0.25) is 11.9 Å². The van der Waals surface area contributed by atoms with Gasteiger partial charge in [0, 0.05) is 42.1 Å². The van der Waals surface area contributed by atoms with E-state index < -0.39 is 0 Å². The highest BCUT2D eigenvalue weighted by Gasteiger charge is 2.21. The second-order valence-corrected chi connectivity index (χ2v) is 7.99. The van der Waals surface area contributed by atoms with E-state index >= 15 is 0 Å². The van der Waals surface area contributed by atoms with Crippen molar-refractivity contribution >= 4 is 17.5 Å². The third kappa shape index (κ3) is 4.18. The molecule has 0 aliphatic carbocycles. The van der Waals surface area contributed by atoms with Gasteiger partial charge in [-0.05, 0) is 62.6 Å². The molecule has 3 heterocycles. The van der Waals surface area contributed by atoms with Crippen molar-refractivity contribution < 1.29 is 4.79 Å². The van der Waals surface area contributed by atoms with Crippen LogP contribution in [0.1, 0.15) is 49.0 Å². The van der Waals surface area contributed by atoms with Crippen molar-refractivity contribution in [1.82, 2.24) is 25.1 Å². The molecule has 8 heteroatoms. The maximum Gasteiger partial charge on any atom is 0.227 e. The zero-order valence-electron chi connectivity index (χ0n) is 17.5. The number of hydrogen-bond donors (Lipinski definition) is 3. The topological polar surface area (TPSA) is 111 Å². The molecule has 8 nitrogen and oxygen atoms in total. The Hall–Kier alpha value is -3.26. The van der Waals surface area contributed by atoms with Gasteiger partial charge in [0.15, 0.2) is 0 Å². The molecule has 1 unspecified atom stereocenters. The number of fused-ring (bicyclic) bond motifs is 1. The zero-order chi connectivity index (χ0) is 21.3. The summed E-state index contributed by atoms with van der Waals surface area (Å²) in [6.45, 7) is 7.00. The maximum atomic E-state index is 11.3. The summed E-state index contributed by atoms with van der Waals surface area (Å²) in [5, 5.41) is 11.1. The van der Waals surface area contributed by atoms with E-state index in [4.69, 9.17) is 10.7 Å². The normalized spacial score (nSPS) is 15.8. The van der Waals surface area contributed by atoms with Crippen LogP contribution >= 0.6 is 0 Å². The molecular weight excluding hydrogens is 378 g/mol. The van der Waals surface area contributed by atoms with Gasteiger partial charge in [0.25, 0.3) is 0 Å². The van der Waals surface area contributed by atoms with Gasteiger partial charge in [0.1, 0.15) is 0 Å². The first kappa shape index (κ1) is 20.0. The standard InChI is InChI=1S/C22H27N7O/c1-13(2)29-12-16(11-26-29)21-14(3)10-25-22(28-21)27-17-4-5-18-15(8-17)6-7-24-19(18)9-20(23)30/h4-5,8,10-13,19,24H,6-7,9H2,1-3H3,(H2,23,30)(H,25,27,28). The van der Waals surface area contributed by atoms with Gasteiger partial charge in [-0.25, -0.2) is 9.97 Å². The van der Waals surface area contributed by atoms with Gasteiger partial charge >= 0.3 is 0 Å². The minimum atomic E-state index is -0.302. The average molecular weight is 406 g/mol. The molecule has 0 bridgehead atoms. The Morgan fingerprint density at radius 3 is 2.93 bits per heavy atom. The van der Waals surface area contributed by atoms with Gasteiger partial charge in [0.05, 0.1) is 11.9 Å². The van der Waals surface area contributed by atoms with Crippen molar-refractivity contribution in [3.8, 4) is 11.3 Å². The predicted octanol–water partition coefficient (Wildman–Crippen LogP) is 3.04. The highest BCUT2D eigenvalue weighted by molar-refractivity contribution is 5.75. The molecule has 1 atom stereocenters. The minimum Gasteiger partial charge on any atom is -0.370 e. The Kier molecular flexibility index (Phi) is 5.50. The van der Waals surface area contributed by atoms with E-state index in [1.165, 1.54) is 5.56 Å². The van der Waals surface area contributed by atoms with Crippen molar-refractivity contribution in [2.45, 2.75) is 45.7 Å². The summed E-state index contributed by atoms with van der Waals surface area (Å²) in [6.07, 6.45) is 6.86. The second-order valence-electron chi connectivity index (χ2n) is 7.99. The number of benzene rings is 1. The number of rotatable bonds is 6. The molecular formula is C22H27N7O. The Bertz CT molecular complexity index is 1070. The summed E-state index contributed by atoms with van der Waals surface area (Å²) in [4.78, 5) is 20.5. The molecule has 0 saturated heterocycles. The van der Waals surface area contributed by atoms with Crippen LogP contribution in [0.25, 0.3) is 11.3 Å². The first-order valence-corrected chi connectivity index (χ1v) is 10.2. The van der Waals surface area contributed by atoms with Crippen LogP contribution in [0.3, 0.4) is 0 Å². The number of aryl methyl sites for hydroxylation is 1. The fourth-order valence-electron chi connectivity index (χ4n) is 3.78. The molecule has 156 valence electrons. The Labute approximate surface area is 175 Å². The van der Waals surface area contributed by atoms with Crippen molar-refractivity contribution in [3.05, 3.63) is 53.5 Å². The molecule has 2 aromatic heterocycles. The first-order chi connectivity index (χ1) is 14.4. The monoisotopic (exact) mass is 405 g/mol. The zero-order valence-corrected chi connectivity index (χ0v) is 17.5. The van der Waals surface area contributed by atoms with Crippen LogP contribution in [0.4, 0.5) is 11.6 Å². The van der Waals surface area contributed by atoms with Crippen LogP contribution in [-0.4, -0.2) is 32.2 Å². The molecule has 1 aliphatic heterocycles. The predicted molar refractivity (Wildman–Crippen MR) is 116 cm³/mol. The quantitative estimate of drug-likeness (QED) is 0.581. The molecule has 0 saturated carbocycles. The number of carbonyl (C=O) groups excluding carboxylic acids is 1. The lowest BCUT2D eigenvalue weighted by molar-refractivity contribution is -0.118. The van der Waals surface area contributed by atoms with Gasteiger partial charge in [-0.15, -0.1) is 0 Å². The lowest BCUT2D eigenvalue weighted by atomic mass is 9.92. The van der Waals surface area contributed by atoms with E-state index in [-0.39, 0.29) is 11.9 Å². The molecule has 1 aliphatic rings. The number of carbonyl (C=O) groups is 1. The number of anilines is 2. The second kappa shape index (κ2) is 8.23. The lowest BCUT2D eigenvalue weighted by Gasteiger charge is -2.26. The molecule has 0 fully saturated rings. The molecule has 1 aromatic carbocycles. The fraction of sp³-hybridized carbons (Fsp3) is 0.364. The van der Waals surface area contributed by atoms with E-state index in [0.29, 0.717) is 18.4 Å². The number of hydrogen-bond acceptors (Lipinski definition) is 6. The molecule has 1 amide bonds. The Morgan fingerprint density at radius 2 is 2.20 bits per heavy atom. The summed E-state index contributed by atoms with van der Waals surface area (Å²) < 4.78 is 1.92. The van der Waals surface area contributed by atoms with Crippen molar-refractivity contribution in [2.75, 3.05) is 11.9 Å². The number of aromatic nitrogens is 4.